The number of carbonyl (C=O) groups is 2. The van der Waals surface area contributed by atoms with E-state index in [1.54, 1.807) is 6.07 Å². The number of rotatable bonds is 3. The van der Waals surface area contributed by atoms with Crippen LogP contribution in [0.15, 0.2) is 41.6 Å². The van der Waals surface area contributed by atoms with Crippen LogP contribution in [0.1, 0.15) is 31.8 Å². The molecule has 0 unspecified atom stereocenters. The number of halogens is 2. The third-order valence-corrected chi connectivity index (χ3v) is 3.28. The first kappa shape index (κ1) is 22.0. The van der Waals surface area contributed by atoms with Crippen molar-refractivity contribution in [3.8, 4) is 6.07 Å². The van der Waals surface area contributed by atoms with Crippen molar-refractivity contribution in [1.82, 2.24) is 0 Å². The summed E-state index contributed by atoms with van der Waals surface area (Å²) in [5.41, 5.74) is 5.23. The Morgan fingerprint density at radius 2 is 1.54 bits per heavy atom. The maximum Gasteiger partial charge on any atom is 0.340 e. The van der Waals surface area contributed by atoms with Gasteiger partial charge in [-0.25, -0.2) is 18.4 Å². The van der Waals surface area contributed by atoms with E-state index in [0.29, 0.717) is 0 Å². The molecule has 0 spiro atoms. The highest BCUT2D eigenvalue weighted by atomic mass is 19.1. The Morgan fingerprint density at radius 1 is 1.04 bits per heavy atom. The molecule has 0 saturated heterocycles. The van der Waals surface area contributed by atoms with Gasteiger partial charge in [0, 0.05) is 5.56 Å². The van der Waals surface area contributed by atoms with Crippen LogP contribution in [0.2, 0.25) is 0 Å². The Morgan fingerprint density at radius 3 is 1.93 bits per heavy atom. The summed E-state index contributed by atoms with van der Waals surface area (Å²) >= 11 is 0. The molecule has 0 aliphatic rings. The van der Waals surface area contributed by atoms with Gasteiger partial charge in [0.15, 0.2) is 5.84 Å². The number of ether oxygens (including phenoxy) is 2. The monoisotopic (exact) mass is 391 g/mol. The fraction of sp³-hybridized carbons (Fsp3) is 0.111. The summed E-state index contributed by atoms with van der Waals surface area (Å²) in [4.78, 5) is 21.9. The quantitative estimate of drug-likeness (QED) is 0.269. The topological polar surface area (TPSA) is 135 Å². The number of nitrogens with zero attached hydrogens (tertiary/aromatic N) is 2. The van der Waals surface area contributed by atoms with Crippen LogP contribution < -0.4 is 5.73 Å². The Kier molecular flexibility index (Phi) is 8.05. The summed E-state index contributed by atoms with van der Waals surface area (Å²) in [6.07, 6.45) is 0. The lowest BCUT2D eigenvalue weighted by atomic mass is 10.1. The van der Waals surface area contributed by atoms with Crippen molar-refractivity contribution in [3.63, 3.8) is 0 Å². The van der Waals surface area contributed by atoms with Gasteiger partial charge < -0.3 is 20.4 Å². The molecule has 3 N–H and O–H groups in total. The molecule has 28 heavy (non-hydrogen) atoms. The van der Waals surface area contributed by atoms with Crippen LogP contribution in [-0.4, -0.2) is 37.2 Å². The number of nitriles is 1. The van der Waals surface area contributed by atoms with E-state index in [2.05, 4.69) is 14.6 Å². The third-order valence-electron chi connectivity index (χ3n) is 3.28. The molecular weight excluding hydrogens is 376 g/mol. The second-order valence-corrected chi connectivity index (χ2v) is 4.97. The fourth-order valence-corrected chi connectivity index (χ4v) is 1.87. The van der Waals surface area contributed by atoms with E-state index in [1.807, 2.05) is 0 Å². The summed E-state index contributed by atoms with van der Waals surface area (Å²) in [5.74, 6) is -3.29. The van der Waals surface area contributed by atoms with Crippen molar-refractivity contribution in [3.05, 3.63) is 70.3 Å². The van der Waals surface area contributed by atoms with Crippen LogP contribution in [0.5, 0.6) is 0 Å². The highest BCUT2D eigenvalue weighted by Crippen LogP contribution is 2.12. The van der Waals surface area contributed by atoms with Gasteiger partial charge in [0.25, 0.3) is 0 Å². The molecule has 0 aromatic heterocycles. The molecule has 8 nitrogen and oxygen atoms in total. The van der Waals surface area contributed by atoms with Gasteiger partial charge in [-0.05, 0) is 30.3 Å². The van der Waals surface area contributed by atoms with E-state index in [4.69, 9.17) is 16.2 Å². The number of carbonyl (C=O) groups excluding carboxylic acids is 2. The van der Waals surface area contributed by atoms with Gasteiger partial charge >= 0.3 is 11.9 Å². The zero-order valence-corrected chi connectivity index (χ0v) is 14.8. The highest BCUT2D eigenvalue weighted by molar-refractivity contribution is 5.98. The van der Waals surface area contributed by atoms with E-state index < -0.39 is 23.6 Å². The molecule has 0 saturated carbocycles. The lowest BCUT2D eigenvalue weighted by Gasteiger charge is -2.03. The van der Waals surface area contributed by atoms with Gasteiger partial charge in [-0.15, -0.1) is 0 Å². The minimum atomic E-state index is -0.786. The number of hydrogen-bond acceptors (Lipinski definition) is 7. The number of nitrogens with two attached hydrogens (primary N) is 1. The first-order chi connectivity index (χ1) is 13.3. The van der Waals surface area contributed by atoms with Crippen LogP contribution in [0.3, 0.4) is 0 Å². The second kappa shape index (κ2) is 10.2. The SMILES string of the molecule is COC(=O)c1ccc(C#N)cc1F.COC(=O)c1ccc(C(N)=NO)cc1F. The normalized spacial score (nSPS) is 10.2. The molecule has 10 heteroatoms. The zero-order chi connectivity index (χ0) is 21.3. The summed E-state index contributed by atoms with van der Waals surface area (Å²) in [7, 11) is 2.32. The maximum absolute atomic E-state index is 13.3. The minimum absolute atomic E-state index is 0.165. The minimum Gasteiger partial charge on any atom is -0.465 e. The summed E-state index contributed by atoms with van der Waals surface area (Å²) in [6.45, 7) is 0. The van der Waals surface area contributed by atoms with Crippen LogP contribution in [0, 0.1) is 23.0 Å². The Labute approximate surface area is 158 Å². The standard InChI is InChI=1S/C9H9FN2O3.C9H6FNO2/c1-15-9(13)6-3-2-5(4-7(6)10)8(11)12-14;1-13-9(12)7-3-2-6(5-11)4-8(7)10/h2-4,14H,1H3,(H2,11,12);2-4H,1H3. The average molecular weight is 391 g/mol. The second-order valence-electron chi connectivity index (χ2n) is 4.97. The molecule has 0 bridgehead atoms. The molecule has 2 aromatic rings. The molecule has 2 rings (SSSR count). The van der Waals surface area contributed by atoms with Gasteiger partial charge in [-0.2, -0.15) is 5.26 Å². The largest absolute Gasteiger partial charge is 0.465 e. The third kappa shape index (κ3) is 5.50. The number of benzene rings is 2. The molecule has 146 valence electrons. The van der Waals surface area contributed by atoms with Crippen molar-refractivity contribution in [1.29, 1.82) is 5.26 Å². The first-order valence-electron chi connectivity index (χ1n) is 7.42. The van der Waals surface area contributed by atoms with Crippen molar-refractivity contribution < 1.29 is 33.1 Å². The summed E-state index contributed by atoms with van der Waals surface area (Å²) < 4.78 is 35.0. The molecule has 0 amide bonds. The van der Waals surface area contributed by atoms with Crippen molar-refractivity contribution in [2.45, 2.75) is 0 Å². The lowest BCUT2D eigenvalue weighted by molar-refractivity contribution is 0.0586. The number of amidine groups is 1. The lowest BCUT2D eigenvalue weighted by Crippen LogP contribution is -2.14. The Bertz CT molecular complexity index is 955. The van der Waals surface area contributed by atoms with Crippen LogP contribution in [0.4, 0.5) is 8.78 Å². The van der Waals surface area contributed by atoms with Crippen LogP contribution in [0.25, 0.3) is 0 Å². The molecule has 0 radical (unpaired) electrons. The number of oxime groups is 1. The average Bonchev–Trinajstić information content (AvgIpc) is 2.72. The molecule has 0 fully saturated rings. The van der Waals surface area contributed by atoms with Crippen LogP contribution >= 0.6 is 0 Å². The summed E-state index contributed by atoms with van der Waals surface area (Å²) in [5, 5.41) is 19.5. The van der Waals surface area contributed by atoms with E-state index in [9.17, 15) is 18.4 Å². The predicted molar refractivity (Wildman–Crippen MR) is 92.7 cm³/mol. The van der Waals surface area contributed by atoms with Crippen molar-refractivity contribution >= 4 is 17.8 Å². The predicted octanol–water partition coefficient (Wildman–Crippen LogP) is 2.19. The molecule has 0 aliphatic heterocycles. The molecule has 2 aromatic carbocycles. The summed E-state index contributed by atoms with van der Waals surface area (Å²) in [6, 6.07) is 8.87. The van der Waals surface area contributed by atoms with Crippen molar-refractivity contribution in [2.24, 2.45) is 10.9 Å². The van der Waals surface area contributed by atoms with Crippen LogP contribution in [-0.2, 0) is 9.47 Å². The molecule has 0 aliphatic carbocycles. The fourth-order valence-electron chi connectivity index (χ4n) is 1.87. The number of esters is 2. The van der Waals surface area contributed by atoms with E-state index in [0.717, 1.165) is 19.2 Å². The van der Waals surface area contributed by atoms with Gasteiger partial charge in [0.2, 0.25) is 0 Å². The smallest absolute Gasteiger partial charge is 0.340 e. The number of hydrogen-bond donors (Lipinski definition) is 2. The first-order valence-corrected chi connectivity index (χ1v) is 7.42. The molecule has 0 heterocycles. The van der Waals surface area contributed by atoms with Gasteiger partial charge in [0.1, 0.15) is 11.6 Å². The highest BCUT2D eigenvalue weighted by Gasteiger charge is 2.13. The number of methoxy groups -OCH3 is 2. The van der Waals surface area contributed by atoms with E-state index >= 15 is 0 Å². The molecule has 0 atom stereocenters. The van der Waals surface area contributed by atoms with E-state index in [1.165, 1.54) is 31.4 Å². The van der Waals surface area contributed by atoms with Gasteiger partial charge in [-0.1, -0.05) is 11.2 Å². The van der Waals surface area contributed by atoms with E-state index in [-0.39, 0.29) is 28.1 Å². The molecular formula is C18H15F2N3O5. The maximum atomic E-state index is 13.3. The van der Waals surface area contributed by atoms with Crippen molar-refractivity contribution in [2.75, 3.05) is 14.2 Å². The van der Waals surface area contributed by atoms with Gasteiger partial charge in [-0.3, -0.25) is 0 Å². The Hall–Kier alpha value is -4.00. The van der Waals surface area contributed by atoms with Gasteiger partial charge in [0.05, 0.1) is 37.0 Å². The zero-order valence-electron chi connectivity index (χ0n) is 14.8. The Balaban J connectivity index is 0.000000283.